The lowest BCUT2D eigenvalue weighted by molar-refractivity contribution is 0.176. The Morgan fingerprint density at radius 1 is 1.28 bits per heavy atom. The zero-order chi connectivity index (χ0) is 12.4. The molecule has 2 fully saturated rings. The molecule has 100 valence electrons. The fraction of sp³-hybridized carbons (Fsp3) is 0.923. The van der Waals surface area contributed by atoms with Crippen LogP contribution < -0.4 is 5.32 Å². The molecular weight excluding hydrogens is 226 g/mol. The van der Waals surface area contributed by atoms with Crippen molar-refractivity contribution in [2.45, 2.75) is 57.4 Å². The molecule has 0 bridgehead atoms. The predicted molar refractivity (Wildman–Crippen MR) is 69.0 cm³/mol. The number of rotatable bonds is 5. The van der Waals surface area contributed by atoms with Crippen LogP contribution in [-0.4, -0.2) is 32.8 Å². The lowest BCUT2D eigenvalue weighted by Gasteiger charge is -2.36. The van der Waals surface area contributed by atoms with Crippen molar-refractivity contribution in [2.75, 3.05) is 6.54 Å². The summed E-state index contributed by atoms with van der Waals surface area (Å²) in [5.74, 6) is 0.914. The third-order valence-electron chi connectivity index (χ3n) is 4.34. The van der Waals surface area contributed by atoms with Crippen LogP contribution in [0.25, 0.3) is 0 Å². The van der Waals surface area contributed by atoms with Gasteiger partial charge >= 0.3 is 0 Å². The normalized spacial score (nSPS) is 23.2. The van der Waals surface area contributed by atoms with Crippen LogP contribution >= 0.6 is 0 Å². The summed E-state index contributed by atoms with van der Waals surface area (Å²) >= 11 is 0. The van der Waals surface area contributed by atoms with E-state index >= 15 is 0 Å². The monoisotopic (exact) mass is 249 g/mol. The maximum absolute atomic E-state index is 4.36. The van der Waals surface area contributed by atoms with Crippen molar-refractivity contribution in [1.29, 1.82) is 0 Å². The minimum atomic E-state index is 0.379. The molecule has 1 heterocycles. The van der Waals surface area contributed by atoms with Crippen molar-refractivity contribution in [3.63, 3.8) is 0 Å². The smallest absolute Gasteiger partial charge is 0.175 e. The van der Waals surface area contributed by atoms with E-state index in [4.69, 9.17) is 0 Å². The first-order chi connectivity index (χ1) is 8.76. The molecule has 2 aliphatic carbocycles. The molecule has 18 heavy (non-hydrogen) atoms. The maximum atomic E-state index is 4.36. The minimum absolute atomic E-state index is 0.379. The molecule has 2 saturated carbocycles. The Morgan fingerprint density at radius 2 is 2.06 bits per heavy atom. The second kappa shape index (κ2) is 4.96. The van der Waals surface area contributed by atoms with Crippen LogP contribution in [0.5, 0.6) is 0 Å². The molecule has 1 aromatic rings. The predicted octanol–water partition coefficient (Wildman–Crippen LogP) is 1.46. The van der Waals surface area contributed by atoms with E-state index in [0.29, 0.717) is 5.41 Å². The minimum Gasteiger partial charge on any atom is -0.313 e. The van der Waals surface area contributed by atoms with Crippen LogP contribution in [0.2, 0.25) is 0 Å². The highest BCUT2D eigenvalue weighted by molar-refractivity contribution is 4.95. The third-order valence-corrected chi connectivity index (χ3v) is 4.34. The van der Waals surface area contributed by atoms with Gasteiger partial charge in [0.2, 0.25) is 0 Å². The average Bonchev–Trinajstić information content (AvgIpc) is 3.12. The summed E-state index contributed by atoms with van der Waals surface area (Å²) in [4.78, 5) is 1.57. The second-order valence-corrected chi connectivity index (χ2v) is 6.09. The van der Waals surface area contributed by atoms with Gasteiger partial charge in [-0.25, -0.2) is 0 Å². The number of nitrogens with one attached hydrogen (secondary N) is 1. The molecule has 0 aromatic carbocycles. The van der Waals surface area contributed by atoms with Crippen LogP contribution in [-0.2, 0) is 13.5 Å². The molecule has 2 aliphatic rings. The van der Waals surface area contributed by atoms with Gasteiger partial charge in [0.25, 0.3) is 0 Å². The molecule has 0 amide bonds. The van der Waals surface area contributed by atoms with Gasteiger partial charge in [-0.2, -0.15) is 4.80 Å². The quantitative estimate of drug-likeness (QED) is 0.858. The number of nitrogens with zero attached hydrogens (tertiary/aromatic N) is 4. The van der Waals surface area contributed by atoms with Gasteiger partial charge in [-0.15, -0.1) is 10.2 Å². The maximum Gasteiger partial charge on any atom is 0.175 e. The fourth-order valence-corrected chi connectivity index (χ4v) is 3.10. The van der Waals surface area contributed by atoms with Crippen molar-refractivity contribution in [2.24, 2.45) is 12.5 Å². The number of hydrogen-bond acceptors (Lipinski definition) is 4. The number of hydrogen-bond donors (Lipinski definition) is 1. The first kappa shape index (κ1) is 12.1. The zero-order valence-corrected chi connectivity index (χ0v) is 11.2. The molecule has 0 unspecified atom stereocenters. The number of aromatic nitrogens is 4. The van der Waals surface area contributed by atoms with Crippen molar-refractivity contribution in [3.8, 4) is 0 Å². The van der Waals surface area contributed by atoms with Gasteiger partial charge in [0.15, 0.2) is 5.82 Å². The van der Waals surface area contributed by atoms with Gasteiger partial charge < -0.3 is 5.32 Å². The first-order valence-corrected chi connectivity index (χ1v) is 7.22. The van der Waals surface area contributed by atoms with Crippen LogP contribution in [0.15, 0.2) is 0 Å². The number of tetrazole rings is 1. The van der Waals surface area contributed by atoms with E-state index in [1.807, 2.05) is 7.05 Å². The highest BCUT2D eigenvalue weighted by atomic mass is 15.6. The van der Waals surface area contributed by atoms with Gasteiger partial charge in [0, 0.05) is 19.0 Å². The molecular formula is C13H23N5. The molecule has 3 rings (SSSR count). The Hall–Kier alpha value is -0.970. The second-order valence-electron chi connectivity index (χ2n) is 6.09. The lowest BCUT2D eigenvalue weighted by Crippen LogP contribution is -2.39. The van der Waals surface area contributed by atoms with E-state index in [2.05, 4.69) is 20.7 Å². The summed E-state index contributed by atoms with van der Waals surface area (Å²) in [5.41, 5.74) is 0.379. The van der Waals surface area contributed by atoms with Crippen molar-refractivity contribution < 1.29 is 0 Å². The van der Waals surface area contributed by atoms with E-state index < -0.39 is 0 Å². The molecule has 0 aliphatic heterocycles. The number of aryl methyl sites for hydroxylation is 1. The topological polar surface area (TPSA) is 55.6 Å². The van der Waals surface area contributed by atoms with Gasteiger partial charge in [-0.3, -0.25) is 0 Å². The van der Waals surface area contributed by atoms with Gasteiger partial charge in [-0.05, 0) is 36.3 Å². The van der Waals surface area contributed by atoms with E-state index in [0.717, 1.165) is 24.8 Å². The average molecular weight is 249 g/mol. The summed E-state index contributed by atoms with van der Waals surface area (Å²) < 4.78 is 0. The van der Waals surface area contributed by atoms with Gasteiger partial charge in [0.05, 0.1) is 7.05 Å². The Bertz CT molecular complexity index is 390. The molecule has 1 N–H and O–H groups in total. The fourth-order valence-electron chi connectivity index (χ4n) is 3.10. The Balaban J connectivity index is 1.66. The highest BCUT2D eigenvalue weighted by Crippen LogP contribution is 2.38. The molecule has 0 saturated heterocycles. The summed E-state index contributed by atoms with van der Waals surface area (Å²) in [6, 6.07) is 0.790. The van der Waals surface area contributed by atoms with Crippen LogP contribution in [0.1, 0.15) is 50.8 Å². The lowest BCUT2D eigenvalue weighted by atomic mass is 9.71. The van der Waals surface area contributed by atoms with Crippen molar-refractivity contribution in [1.82, 2.24) is 25.5 Å². The summed E-state index contributed by atoms with van der Waals surface area (Å²) in [6.45, 7) is 1.13. The van der Waals surface area contributed by atoms with E-state index in [1.165, 1.54) is 44.9 Å². The SMILES string of the molecule is Cn1nnc(CC2(CNC3CC3)CCCCC2)n1. The van der Waals surface area contributed by atoms with Crippen LogP contribution in [0.4, 0.5) is 0 Å². The van der Waals surface area contributed by atoms with E-state index in [-0.39, 0.29) is 0 Å². The Morgan fingerprint density at radius 3 is 2.67 bits per heavy atom. The zero-order valence-electron chi connectivity index (χ0n) is 11.2. The molecule has 1 aromatic heterocycles. The van der Waals surface area contributed by atoms with E-state index in [9.17, 15) is 0 Å². The molecule has 0 radical (unpaired) electrons. The Labute approximate surface area is 108 Å². The van der Waals surface area contributed by atoms with Crippen LogP contribution in [0.3, 0.4) is 0 Å². The summed E-state index contributed by atoms with van der Waals surface area (Å²) in [7, 11) is 1.84. The standard InChI is InChI=1S/C13H23N5/c1-18-16-12(15-17-18)9-13(7-3-2-4-8-13)10-14-11-5-6-11/h11,14H,2-10H2,1H3. The van der Waals surface area contributed by atoms with Crippen molar-refractivity contribution >= 4 is 0 Å². The molecule has 5 heteroatoms. The summed E-state index contributed by atoms with van der Waals surface area (Å²) in [5, 5.41) is 16.2. The Kier molecular flexibility index (Phi) is 3.33. The van der Waals surface area contributed by atoms with Gasteiger partial charge in [0.1, 0.15) is 0 Å². The van der Waals surface area contributed by atoms with Crippen molar-refractivity contribution in [3.05, 3.63) is 5.82 Å². The largest absolute Gasteiger partial charge is 0.313 e. The van der Waals surface area contributed by atoms with Gasteiger partial charge in [-0.1, -0.05) is 19.3 Å². The summed E-state index contributed by atoms with van der Waals surface area (Å²) in [6.07, 6.45) is 10.4. The molecule has 0 atom stereocenters. The van der Waals surface area contributed by atoms with E-state index in [1.54, 1.807) is 4.80 Å². The highest BCUT2D eigenvalue weighted by Gasteiger charge is 2.35. The third kappa shape index (κ3) is 2.88. The molecule has 0 spiro atoms. The van der Waals surface area contributed by atoms with Crippen LogP contribution in [0, 0.1) is 5.41 Å². The molecule has 5 nitrogen and oxygen atoms in total. The first-order valence-electron chi connectivity index (χ1n) is 7.22.